The number of rotatable bonds is 2. The Bertz CT molecular complexity index is 377. The molecule has 2 aliphatic rings. The van der Waals surface area contributed by atoms with Crippen LogP contribution in [0, 0.1) is 11.8 Å². The van der Waals surface area contributed by atoms with Crippen molar-refractivity contribution < 1.29 is 22.5 Å². The van der Waals surface area contributed by atoms with Gasteiger partial charge in [0.2, 0.25) is 0 Å². The first-order valence-electron chi connectivity index (χ1n) is 7.26. The molecule has 1 saturated heterocycles. The number of carbonyl (C=O) groups is 1. The quantitative estimate of drug-likeness (QED) is 0.723. The van der Waals surface area contributed by atoms with Crippen molar-refractivity contribution in [1.82, 2.24) is 4.90 Å². The van der Waals surface area contributed by atoms with Gasteiger partial charge >= 0.3 is 13.1 Å². The number of carbonyl (C=O) groups excluding carboxylic acids is 1. The third kappa shape index (κ3) is 3.41. The SMILES string of the molecule is CC(C)(C)OC(=O)N1CC(C2CCC2)C([B-](F)(F)F)C1. The molecule has 0 aromatic heterocycles. The van der Waals surface area contributed by atoms with Crippen LogP contribution in [0.5, 0.6) is 0 Å². The number of hydrogen-bond acceptors (Lipinski definition) is 2. The highest BCUT2D eigenvalue weighted by Gasteiger charge is 2.50. The largest absolute Gasteiger partial charge is 0.483 e. The van der Waals surface area contributed by atoms with E-state index in [9.17, 15) is 17.7 Å². The van der Waals surface area contributed by atoms with Crippen molar-refractivity contribution in [3.63, 3.8) is 0 Å². The highest BCUT2D eigenvalue weighted by molar-refractivity contribution is 6.60. The van der Waals surface area contributed by atoms with Gasteiger partial charge in [-0.2, -0.15) is 0 Å². The molecule has 1 amide bonds. The van der Waals surface area contributed by atoms with Crippen molar-refractivity contribution in [3.8, 4) is 0 Å². The van der Waals surface area contributed by atoms with Crippen LogP contribution in [0.4, 0.5) is 17.7 Å². The van der Waals surface area contributed by atoms with E-state index in [-0.39, 0.29) is 19.0 Å². The van der Waals surface area contributed by atoms with Crippen LogP contribution in [0.25, 0.3) is 0 Å². The van der Waals surface area contributed by atoms with Crippen molar-refractivity contribution in [2.75, 3.05) is 13.1 Å². The lowest BCUT2D eigenvalue weighted by molar-refractivity contribution is 0.0278. The topological polar surface area (TPSA) is 29.5 Å². The first-order valence-corrected chi connectivity index (χ1v) is 7.26. The summed E-state index contributed by atoms with van der Waals surface area (Å²) in [5.74, 6) is -1.65. The van der Waals surface area contributed by atoms with E-state index in [1.807, 2.05) is 0 Å². The van der Waals surface area contributed by atoms with E-state index in [0.29, 0.717) is 0 Å². The van der Waals surface area contributed by atoms with Crippen molar-refractivity contribution in [3.05, 3.63) is 0 Å². The summed E-state index contributed by atoms with van der Waals surface area (Å²) in [5.41, 5.74) is -0.676. The monoisotopic (exact) mass is 292 g/mol. The predicted octanol–water partition coefficient (Wildman–Crippen LogP) is 3.87. The number of amides is 1. The normalized spacial score (nSPS) is 28.4. The van der Waals surface area contributed by atoms with Gasteiger partial charge in [0, 0.05) is 13.1 Å². The van der Waals surface area contributed by atoms with Gasteiger partial charge in [-0.05, 0) is 32.6 Å². The molecule has 116 valence electrons. The van der Waals surface area contributed by atoms with Gasteiger partial charge in [-0.25, -0.2) is 4.79 Å². The van der Waals surface area contributed by atoms with Crippen LogP contribution in [0.1, 0.15) is 40.0 Å². The molecule has 0 aromatic rings. The van der Waals surface area contributed by atoms with E-state index in [0.717, 1.165) is 19.3 Å². The zero-order valence-electron chi connectivity index (χ0n) is 12.2. The Balaban J connectivity index is 2.05. The van der Waals surface area contributed by atoms with E-state index in [4.69, 9.17) is 4.74 Å². The Morgan fingerprint density at radius 2 is 1.80 bits per heavy atom. The number of nitrogens with zero attached hydrogens (tertiary/aromatic N) is 1. The van der Waals surface area contributed by atoms with Gasteiger partial charge in [0.15, 0.2) is 0 Å². The minimum atomic E-state index is -4.91. The molecule has 2 atom stereocenters. The van der Waals surface area contributed by atoms with Crippen LogP contribution in [-0.4, -0.2) is 36.7 Å². The zero-order chi connectivity index (χ0) is 15.1. The fourth-order valence-corrected chi connectivity index (χ4v) is 3.10. The summed E-state index contributed by atoms with van der Waals surface area (Å²) < 4.78 is 44.8. The number of likely N-dealkylation sites (tertiary alicyclic amines) is 1. The molecule has 2 fully saturated rings. The van der Waals surface area contributed by atoms with Crippen molar-refractivity contribution in [2.24, 2.45) is 11.8 Å². The molecule has 0 bridgehead atoms. The van der Waals surface area contributed by atoms with Crippen molar-refractivity contribution in [2.45, 2.75) is 51.5 Å². The van der Waals surface area contributed by atoms with Gasteiger partial charge < -0.3 is 22.6 Å². The van der Waals surface area contributed by atoms with Crippen LogP contribution in [-0.2, 0) is 4.74 Å². The molecule has 1 aliphatic carbocycles. The van der Waals surface area contributed by atoms with E-state index < -0.39 is 30.4 Å². The average molecular weight is 292 g/mol. The lowest BCUT2D eigenvalue weighted by atomic mass is 9.60. The van der Waals surface area contributed by atoms with E-state index >= 15 is 0 Å². The third-order valence-electron chi connectivity index (χ3n) is 4.30. The fourth-order valence-electron chi connectivity index (χ4n) is 3.10. The smallest absolute Gasteiger partial charge is 0.449 e. The van der Waals surface area contributed by atoms with Gasteiger partial charge in [0.05, 0.1) is 0 Å². The van der Waals surface area contributed by atoms with Gasteiger partial charge in [-0.1, -0.05) is 25.1 Å². The van der Waals surface area contributed by atoms with Gasteiger partial charge in [0.25, 0.3) is 0 Å². The molecule has 0 aromatic carbocycles. The Morgan fingerprint density at radius 1 is 1.20 bits per heavy atom. The second-order valence-corrected chi connectivity index (χ2v) is 7.03. The van der Waals surface area contributed by atoms with Crippen LogP contribution < -0.4 is 0 Å². The van der Waals surface area contributed by atoms with Gasteiger partial charge in [-0.15, -0.1) is 0 Å². The molecule has 2 unspecified atom stereocenters. The summed E-state index contributed by atoms with van der Waals surface area (Å²) in [5, 5.41) is 0. The van der Waals surface area contributed by atoms with Crippen molar-refractivity contribution in [1.29, 1.82) is 0 Å². The molecule has 1 saturated carbocycles. The fraction of sp³-hybridized carbons (Fsp3) is 0.923. The molecular weight excluding hydrogens is 270 g/mol. The number of ether oxygens (including phenoxy) is 1. The summed E-state index contributed by atoms with van der Waals surface area (Å²) >= 11 is 0. The first kappa shape index (κ1) is 15.5. The van der Waals surface area contributed by atoms with Crippen molar-refractivity contribution >= 4 is 13.1 Å². The Hall–Kier alpha value is -0.875. The second-order valence-electron chi connectivity index (χ2n) is 7.03. The first-order chi connectivity index (χ1) is 9.08. The minimum absolute atomic E-state index is 0.121. The standard InChI is InChI=1S/C13H22BF3NO2/c1-13(2,3)20-12(19)18-7-10(9-5-4-6-9)11(8-18)14(15,16)17/h9-11H,4-8H2,1-3H3/q-1. The van der Waals surface area contributed by atoms with Gasteiger partial charge in [0.1, 0.15) is 5.60 Å². The van der Waals surface area contributed by atoms with E-state index in [1.165, 1.54) is 4.90 Å². The average Bonchev–Trinajstić information content (AvgIpc) is 2.55. The molecule has 20 heavy (non-hydrogen) atoms. The van der Waals surface area contributed by atoms with Crippen LogP contribution in [0.3, 0.4) is 0 Å². The second kappa shape index (κ2) is 5.15. The lowest BCUT2D eigenvalue weighted by Crippen LogP contribution is -2.36. The molecule has 7 heteroatoms. The highest BCUT2D eigenvalue weighted by Crippen LogP contribution is 2.48. The predicted molar refractivity (Wildman–Crippen MR) is 71.5 cm³/mol. The molecule has 0 N–H and O–H groups in total. The molecule has 2 rings (SSSR count). The van der Waals surface area contributed by atoms with Crippen LogP contribution in [0.2, 0.25) is 5.82 Å². The zero-order valence-corrected chi connectivity index (χ0v) is 12.2. The van der Waals surface area contributed by atoms with Crippen LogP contribution >= 0.6 is 0 Å². The van der Waals surface area contributed by atoms with E-state index in [1.54, 1.807) is 20.8 Å². The minimum Gasteiger partial charge on any atom is -0.449 e. The highest BCUT2D eigenvalue weighted by atomic mass is 19.4. The maximum atomic E-state index is 13.2. The summed E-state index contributed by atoms with van der Waals surface area (Å²) in [4.78, 5) is 13.2. The molecule has 0 radical (unpaired) electrons. The Kier molecular flexibility index (Phi) is 3.99. The molecular formula is C13H22BF3NO2-. The molecule has 3 nitrogen and oxygen atoms in total. The summed E-state index contributed by atoms with van der Waals surface area (Å²) in [7, 11) is 0. The maximum Gasteiger partial charge on any atom is 0.483 e. The molecule has 1 heterocycles. The summed E-state index contributed by atoms with van der Waals surface area (Å²) in [6.45, 7) is 0.194. The Morgan fingerprint density at radius 3 is 2.20 bits per heavy atom. The summed E-state index contributed by atoms with van der Waals surface area (Å²) in [6, 6.07) is 0. The van der Waals surface area contributed by atoms with Gasteiger partial charge in [-0.3, -0.25) is 0 Å². The molecule has 0 spiro atoms. The summed E-state index contributed by atoms with van der Waals surface area (Å²) in [6.07, 6.45) is 2.10. The van der Waals surface area contributed by atoms with E-state index in [2.05, 4.69) is 0 Å². The Labute approximate surface area is 117 Å². The molecule has 1 aliphatic heterocycles. The third-order valence-corrected chi connectivity index (χ3v) is 4.30. The number of hydrogen-bond donors (Lipinski definition) is 0. The van der Waals surface area contributed by atoms with Crippen LogP contribution in [0.15, 0.2) is 0 Å². The maximum absolute atomic E-state index is 13.2. The number of halogens is 3. The lowest BCUT2D eigenvalue weighted by Gasteiger charge is -2.37.